The summed E-state index contributed by atoms with van der Waals surface area (Å²) in [7, 11) is 0.435. The Kier molecular flexibility index (Phi) is 2.52. The molecular formula is C8H17P. The lowest BCUT2D eigenvalue weighted by Crippen LogP contribution is -1.97. The fourth-order valence-electron chi connectivity index (χ4n) is 1.87. The molecule has 0 amide bonds. The summed E-state index contributed by atoms with van der Waals surface area (Å²) in [5.41, 5.74) is 2.14. The molecule has 1 heteroatoms. The molecular weight excluding hydrogens is 127 g/mol. The summed E-state index contributed by atoms with van der Waals surface area (Å²) in [5, 5.41) is 0. The maximum absolute atomic E-state index is 2.43. The summed E-state index contributed by atoms with van der Waals surface area (Å²) in [6.07, 6.45) is 4.46. The summed E-state index contributed by atoms with van der Waals surface area (Å²) >= 11 is 0. The molecule has 0 aromatic carbocycles. The van der Waals surface area contributed by atoms with Crippen LogP contribution >= 0.6 is 7.92 Å². The van der Waals surface area contributed by atoms with Gasteiger partial charge in [0.1, 0.15) is 0 Å². The first-order valence-corrected chi connectivity index (χ1v) is 5.68. The molecule has 1 heterocycles. The van der Waals surface area contributed by atoms with Crippen LogP contribution in [0.4, 0.5) is 0 Å². The molecule has 2 atom stereocenters. The average Bonchev–Trinajstić information content (AvgIpc) is 2.12. The first-order chi connectivity index (χ1) is 4.25. The van der Waals surface area contributed by atoms with Gasteiger partial charge >= 0.3 is 0 Å². The molecule has 0 nitrogen and oxygen atoms in total. The third-order valence-electron chi connectivity index (χ3n) is 2.50. The Labute approximate surface area is 59.8 Å². The highest BCUT2D eigenvalue weighted by Gasteiger charge is 2.27. The lowest BCUT2D eigenvalue weighted by Gasteiger charge is -2.17. The van der Waals surface area contributed by atoms with Gasteiger partial charge in [0.2, 0.25) is 0 Å². The summed E-state index contributed by atoms with van der Waals surface area (Å²) in [6, 6.07) is 0. The highest BCUT2D eigenvalue weighted by molar-refractivity contribution is 7.59. The van der Waals surface area contributed by atoms with Crippen molar-refractivity contribution < 1.29 is 0 Å². The van der Waals surface area contributed by atoms with E-state index in [4.69, 9.17) is 0 Å². The lowest BCUT2D eigenvalue weighted by atomic mass is 10.2. The Bertz CT molecular complexity index is 80.6. The van der Waals surface area contributed by atoms with E-state index in [9.17, 15) is 0 Å². The van der Waals surface area contributed by atoms with Gasteiger partial charge in [-0.15, -0.1) is 7.92 Å². The van der Waals surface area contributed by atoms with Gasteiger partial charge in [0.25, 0.3) is 0 Å². The zero-order valence-electron chi connectivity index (χ0n) is 6.72. The van der Waals surface area contributed by atoms with Crippen molar-refractivity contribution in [1.82, 2.24) is 0 Å². The van der Waals surface area contributed by atoms with Gasteiger partial charge in [-0.1, -0.05) is 20.8 Å². The summed E-state index contributed by atoms with van der Waals surface area (Å²) in [6.45, 7) is 7.21. The smallest absolute Gasteiger partial charge is 0.0235 e. The second-order valence-corrected chi connectivity index (χ2v) is 6.53. The normalized spacial score (nSPS) is 37.7. The highest BCUT2D eigenvalue weighted by Crippen LogP contribution is 2.54. The summed E-state index contributed by atoms with van der Waals surface area (Å²) in [4.78, 5) is 0. The van der Waals surface area contributed by atoms with Gasteiger partial charge in [-0.05, 0) is 30.3 Å². The topological polar surface area (TPSA) is 0 Å². The zero-order chi connectivity index (χ0) is 6.85. The molecule has 0 saturated carbocycles. The van der Waals surface area contributed by atoms with Crippen molar-refractivity contribution in [2.45, 2.75) is 44.9 Å². The standard InChI is InChI=1S/C8H17P/c1-4-9-7(2)5-6-8(9)3/h7-8H,4-6H2,1-3H3/t7-,8-/m0/s1. The van der Waals surface area contributed by atoms with Crippen LogP contribution < -0.4 is 0 Å². The third-order valence-corrected chi connectivity index (χ3v) is 6.01. The summed E-state index contributed by atoms with van der Waals surface area (Å²) < 4.78 is 0. The fourth-order valence-corrected chi connectivity index (χ4v) is 4.95. The van der Waals surface area contributed by atoms with Crippen LogP contribution in [-0.2, 0) is 0 Å². The van der Waals surface area contributed by atoms with E-state index in [1.54, 1.807) is 0 Å². The van der Waals surface area contributed by atoms with Crippen LogP contribution in [-0.4, -0.2) is 17.5 Å². The van der Waals surface area contributed by atoms with E-state index in [2.05, 4.69) is 20.8 Å². The predicted octanol–water partition coefficient (Wildman–Crippen LogP) is 3.06. The minimum absolute atomic E-state index is 0.435. The number of hydrogen-bond acceptors (Lipinski definition) is 0. The second kappa shape index (κ2) is 3.01. The quantitative estimate of drug-likeness (QED) is 0.496. The molecule has 0 unspecified atom stereocenters. The van der Waals surface area contributed by atoms with Crippen LogP contribution in [0, 0.1) is 0 Å². The second-order valence-electron chi connectivity index (χ2n) is 3.11. The molecule has 1 fully saturated rings. The monoisotopic (exact) mass is 144 g/mol. The molecule has 0 bridgehead atoms. The van der Waals surface area contributed by atoms with Crippen LogP contribution in [0.2, 0.25) is 0 Å². The number of hydrogen-bond donors (Lipinski definition) is 0. The Morgan fingerprint density at radius 2 is 1.67 bits per heavy atom. The first kappa shape index (κ1) is 7.54. The van der Waals surface area contributed by atoms with E-state index in [1.165, 1.54) is 19.0 Å². The molecule has 0 aromatic rings. The van der Waals surface area contributed by atoms with Gasteiger partial charge < -0.3 is 0 Å². The van der Waals surface area contributed by atoms with Crippen LogP contribution in [0.3, 0.4) is 0 Å². The van der Waals surface area contributed by atoms with Crippen molar-refractivity contribution in [3.63, 3.8) is 0 Å². The maximum atomic E-state index is 2.43. The van der Waals surface area contributed by atoms with Crippen molar-refractivity contribution in [3.8, 4) is 0 Å². The number of rotatable bonds is 1. The predicted molar refractivity (Wildman–Crippen MR) is 45.6 cm³/mol. The average molecular weight is 144 g/mol. The van der Waals surface area contributed by atoms with Crippen molar-refractivity contribution in [3.05, 3.63) is 0 Å². The van der Waals surface area contributed by atoms with Crippen molar-refractivity contribution in [1.29, 1.82) is 0 Å². The van der Waals surface area contributed by atoms with E-state index in [0.29, 0.717) is 7.92 Å². The largest absolute Gasteiger partial charge is 0.101 e. The van der Waals surface area contributed by atoms with Gasteiger partial charge in [-0.2, -0.15) is 0 Å². The Hall–Kier alpha value is 0.430. The van der Waals surface area contributed by atoms with Crippen LogP contribution in [0.15, 0.2) is 0 Å². The SMILES string of the molecule is CCP1[C@@H](C)CC[C@@H]1C. The van der Waals surface area contributed by atoms with Gasteiger partial charge in [0.15, 0.2) is 0 Å². The third kappa shape index (κ3) is 1.46. The highest BCUT2D eigenvalue weighted by atomic mass is 31.1. The van der Waals surface area contributed by atoms with Crippen molar-refractivity contribution >= 4 is 7.92 Å². The molecule has 54 valence electrons. The van der Waals surface area contributed by atoms with E-state index in [-0.39, 0.29) is 0 Å². The molecule has 0 spiro atoms. The van der Waals surface area contributed by atoms with E-state index in [0.717, 1.165) is 11.3 Å². The van der Waals surface area contributed by atoms with Crippen molar-refractivity contribution in [2.75, 3.05) is 6.16 Å². The Morgan fingerprint density at radius 3 is 1.89 bits per heavy atom. The fraction of sp³-hybridized carbons (Fsp3) is 1.00. The first-order valence-electron chi connectivity index (χ1n) is 4.01. The minimum Gasteiger partial charge on any atom is -0.101 e. The van der Waals surface area contributed by atoms with Crippen LogP contribution in [0.5, 0.6) is 0 Å². The molecule has 1 rings (SSSR count). The molecule has 0 aliphatic carbocycles. The molecule has 0 radical (unpaired) electrons. The Morgan fingerprint density at radius 1 is 1.22 bits per heavy atom. The lowest BCUT2D eigenvalue weighted by molar-refractivity contribution is 0.777. The molecule has 1 aliphatic heterocycles. The molecule has 9 heavy (non-hydrogen) atoms. The molecule has 1 aliphatic rings. The van der Waals surface area contributed by atoms with Crippen LogP contribution in [0.1, 0.15) is 33.6 Å². The van der Waals surface area contributed by atoms with Gasteiger partial charge in [-0.3, -0.25) is 0 Å². The van der Waals surface area contributed by atoms with E-state index < -0.39 is 0 Å². The van der Waals surface area contributed by atoms with Gasteiger partial charge in [0, 0.05) is 0 Å². The molecule has 1 saturated heterocycles. The molecule has 0 N–H and O–H groups in total. The molecule has 0 aromatic heterocycles. The van der Waals surface area contributed by atoms with E-state index in [1.807, 2.05) is 0 Å². The van der Waals surface area contributed by atoms with Gasteiger partial charge in [-0.25, -0.2) is 0 Å². The van der Waals surface area contributed by atoms with Crippen LogP contribution in [0.25, 0.3) is 0 Å². The Balaban J connectivity index is 2.44. The van der Waals surface area contributed by atoms with Gasteiger partial charge in [0.05, 0.1) is 0 Å². The zero-order valence-corrected chi connectivity index (χ0v) is 7.62. The van der Waals surface area contributed by atoms with Crippen molar-refractivity contribution in [2.24, 2.45) is 0 Å². The minimum atomic E-state index is 0.435. The summed E-state index contributed by atoms with van der Waals surface area (Å²) in [5.74, 6) is 0. The maximum Gasteiger partial charge on any atom is -0.0235 e. The van der Waals surface area contributed by atoms with E-state index >= 15 is 0 Å².